The van der Waals surface area contributed by atoms with E-state index in [2.05, 4.69) is 20.8 Å². The van der Waals surface area contributed by atoms with Crippen molar-refractivity contribution >= 4 is 63.7 Å². The third-order valence-corrected chi connectivity index (χ3v) is 5.20. The van der Waals surface area contributed by atoms with Crippen LogP contribution >= 0.6 is 40.0 Å². The van der Waals surface area contributed by atoms with Crippen LogP contribution in [0.1, 0.15) is 20.8 Å². The molecule has 74 valence electrons. The molecule has 0 aliphatic carbocycles. The summed E-state index contributed by atoms with van der Waals surface area (Å²) in [5.74, 6) is 0. The van der Waals surface area contributed by atoms with E-state index in [1.807, 2.05) is 0 Å². The van der Waals surface area contributed by atoms with Gasteiger partial charge in [0.1, 0.15) is 0 Å². The second kappa shape index (κ2) is 9.78. The summed E-state index contributed by atoms with van der Waals surface area (Å²) in [5, 5.41) is 4.48. The third-order valence-electron chi connectivity index (χ3n) is 1.73. The number of halogens is 4. The Morgan fingerprint density at radius 2 is 1.00 bits per heavy atom. The summed E-state index contributed by atoms with van der Waals surface area (Å²) in [6, 6.07) is 0. The van der Waals surface area contributed by atoms with Crippen LogP contribution in [0, 0.1) is 0 Å². The fraction of sp³-hybridized carbons (Fsp3) is 1.00. The van der Waals surface area contributed by atoms with Crippen molar-refractivity contribution in [3.63, 3.8) is 0 Å². The number of hydrogen-bond acceptors (Lipinski definition) is 0. The Kier molecular flexibility index (Phi) is 13.6. The van der Waals surface area contributed by atoms with Gasteiger partial charge in [0.2, 0.25) is 0 Å². The average molecular weight is 329 g/mol. The molecule has 0 rings (SSSR count). The second-order valence-electron chi connectivity index (χ2n) is 2.52. The fourth-order valence-electron chi connectivity index (χ4n) is 0.866. The van der Waals surface area contributed by atoms with E-state index < -0.39 is 9.55 Å². The molecular weight excluding hydrogens is 313 g/mol. The fourth-order valence-corrected chi connectivity index (χ4v) is 2.60. The predicted molar refractivity (Wildman–Crippen MR) is 66.4 cm³/mol. The zero-order valence-electron chi connectivity index (χ0n) is 7.71. The van der Waals surface area contributed by atoms with E-state index in [9.17, 15) is 0 Å². The normalized spacial score (nSPS) is 10.2. The molecule has 0 aromatic heterocycles. The van der Waals surface area contributed by atoms with E-state index in [-0.39, 0.29) is 14.1 Å². The van der Waals surface area contributed by atoms with Gasteiger partial charge in [0.15, 0.2) is 0 Å². The van der Waals surface area contributed by atoms with Crippen LogP contribution < -0.4 is 0 Å². The molecule has 0 aromatic rings. The Hall–Kier alpha value is 2.24. The van der Waals surface area contributed by atoms with E-state index in [0.717, 1.165) is 0 Å². The van der Waals surface area contributed by atoms with Crippen molar-refractivity contribution in [1.82, 2.24) is 0 Å². The van der Waals surface area contributed by atoms with E-state index in [1.165, 1.54) is 15.8 Å². The molecular formula is C6H15AlCl4Ge. The summed E-state index contributed by atoms with van der Waals surface area (Å²) in [6.07, 6.45) is 0. The Balaban J connectivity index is 0. The zero-order chi connectivity index (χ0) is 10.2. The van der Waals surface area contributed by atoms with Crippen LogP contribution in [-0.4, -0.2) is 23.7 Å². The molecule has 0 unspecified atom stereocenters. The van der Waals surface area contributed by atoms with E-state index in [0.29, 0.717) is 0 Å². The van der Waals surface area contributed by atoms with Gasteiger partial charge in [-0.25, -0.2) is 0 Å². The molecule has 0 saturated carbocycles. The van der Waals surface area contributed by atoms with Gasteiger partial charge in [-0.3, -0.25) is 0 Å². The van der Waals surface area contributed by atoms with Gasteiger partial charge in [-0.2, -0.15) is 0 Å². The summed E-state index contributed by atoms with van der Waals surface area (Å²) < 4.78 is 0. The number of hydrogen-bond donors (Lipinski definition) is 0. The average Bonchev–Trinajstić information content (AvgIpc) is 1.88. The van der Waals surface area contributed by atoms with Gasteiger partial charge < -0.3 is 0 Å². The predicted octanol–water partition coefficient (Wildman–Crippen LogP) is 4.92. The molecule has 0 fully saturated rings. The van der Waals surface area contributed by atoms with Crippen molar-refractivity contribution in [1.29, 1.82) is 0 Å². The first-order valence-corrected chi connectivity index (χ1v) is 17.6. The summed E-state index contributed by atoms with van der Waals surface area (Å²) in [4.78, 5) is 0. The third kappa shape index (κ3) is 22.8. The molecule has 0 radical (unpaired) electrons. The van der Waals surface area contributed by atoms with Crippen molar-refractivity contribution in [2.75, 3.05) is 0 Å². The van der Waals surface area contributed by atoms with Crippen LogP contribution in [-0.2, 0) is 0 Å². The minimum absolute atomic E-state index is 0.171. The second-order valence-corrected chi connectivity index (χ2v) is 26.3. The van der Waals surface area contributed by atoms with E-state index in [1.54, 1.807) is 0 Å². The van der Waals surface area contributed by atoms with Crippen molar-refractivity contribution in [3.05, 3.63) is 0 Å². The van der Waals surface area contributed by atoms with Gasteiger partial charge >= 0.3 is 49.6 Å². The minimum atomic E-state index is -3.11. The summed E-state index contributed by atoms with van der Waals surface area (Å²) >= 11 is -0.171. The Labute approximate surface area is 99.4 Å². The van der Waals surface area contributed by atoms with Crippen LogP contribution in [0.3, 0.4) is 0 Å². The molecule has 12 heavy (non-hydrogen) atoms. The van der Waals surface area contributed by atoms with Gasteiger partial charge in [0.05, 0.1) is 0 Å². The van der Waals surface area contributed by atoms with Crippen molar-refractivity contribution in [3.8, 4) is 0 Å². The Bertz CT molecular complexity index is 80.5. The monoisotopic (exact) mass is 328 g/mol. The molecule has 0 N–H and O–H groups in total. The molecule has 0 saturated heterocycles. The first kappa shape index (κ1) is 16.7. The SMILES string of the molecule is C[CH2][Al]([CH2]C)[CH2]C.[Cl][Ge]([Cl])([Cl])[Cl]. The molecule has 0 nitrogen and oxygen atoms in total. The van der Waals surface area contributed by atoms with Gasteiger partial charge in [0, 0.05) is 0 Å². The molecule has 0 aliphatic heterocycles. The Morgan fingerprint density at radius 1 is 0.833 bits per heavy atom. The van der Waals surface area contributed by atoms with Gasteiger partial charge in [0.25, 0.3) is 14.1 Å². The quantitative estimate of drug-likeness (QED) is 0.645. The summed E-state index contributed by atoms with van der Waals surface area (Å²) in [7, 11) is 16.9. The van der Waals surface area contributed by atoms with Crippen molar-refractivity contribution < 1.29 is 0 Å². The first-order valence-electron chi connectivity index (χ1n) is 4.10. The molecule has 0 aromatic carbocycles. The van der Waals surface area contributed by atoms with Crippen LogP contribution in [0.4, 0.5) is 0 Å². The van der Waals surface area contributed by atoms with Crippen LogP contribution in [0.5, 0.6) is 0 Å². The van der Waals surface area contributed by atoms with Gasteiger partial charge in [-0.1, -0.05) is 36.6 Å². The summed E-state index contributed by atoms with van der Waals surface area (Å²) in [5.41, 5.74) is 0. The van der Waals surface area contributed by atoms with Crippen molar-refractivity contribution in [2.45, 2.75) is 36.6 Å². The van der Waals surface area contributed by atoms with E-state index >= 15 is 0 Å². The maximum absolute atomic E-state index is 5.01. The van der Waals surface area contributed by atoms with Crippen LogP contribution in [0.15, 0.2) is 0 Å². The Morgan fingerprint density at radius 3 is 1.00 bits per heavy atom. The topological polar surface area (TPSA) is 0 Å². The maximum atomic E-state index is 5.01. The van der Waals surface area contributed by atoms with Gasteiger partial charge in [-0.05, 0) is 0 Å². The molecule has 0 heterocycles. The zero-order valence-corrected chi connectivity index (χ0v) is 14.0. The summed E-state index contributed by atoms with van der Waals surface area (Å²) in [6.45, 7) is 6.97. The first-order chi connectivity index (χ1) is 5.35. The number of rotatable bonds is 3. The van der Waals surface area contributed by atoms with Crippen LogP contribution in [0.2, 0.25) is 15.8 Å². The van der Waals surface area contributed by atoms with Crippen molar-refractivity contribution in [2.24, 2.45) is 0 Å². The van der Waals surface area contributed by atoms with E-state index in [4.69, 9.17) is 40.0 Å². The molecule has 0 aliphatic rings. The molecule has 0 bridgehead atoms. The molecule has 0 atom stereocenters. The standard InChI is InChI=1S/3C2H5.Al.Cl4Ge/c3*1-2;;1-5(2,3)4/h3*1H2,2H3;;. The molecule has 0 amide bonds. The molecule has 0 spiro atoms. The van der Waals surface area contributed by atoms with Crippen LogP contribution in [0.25, 0.3) is 0 Å². The van der Waals surface area contributed by atoms with Gasteiger partial charge in [-0.15, -0.1) is 0 Å². The molecule has 6 heteroatoms.